The Bertz CT molecular complexity index is 936. The van der Waals surface area contributed by atoms with Crippen LogP contribution in [0.2, 0.25) is 0 Å². The largest absolute Gasteiger partial charge is 0.496 e. The van der Waals surface area contributed by atoms with Crippen molar-refractivity contribution in [3.63, 3.8) is 0 Å². The summed E-state index contributed by atoms with van der Waals surface area (Å²) in [6, 6.07) is 11.7. The summed E-state index contributed by atoms with van der Waals surface area (Å²) in [5, 5.41) is 4.25. The molecule has 1 heterocycles. The lowest BCUT2D eigenvalue weighted by Crippen LogP contribution is -3.12. The Balaban J connectivity index is 1.59. The number of aryl methyl sites for hydroxylation is 2. The van der Waals surface area contributed by atoms with E-state index in [2.05, 4.69) is 16.6 Å². The molecule has 3 rings (SSSR count). The summed E-state index contributed by atoms with van der Waals surface area (Å²) < 4.78 is 16.6. The maximum atomic E-state index is 12.2. The Hall–Kier alpha value is -2.90. The quantitative estimate of drug-likeness (QED) is 0.497. The molecule has 0 saturated carbocycles. The first-order valence-corrected chi connectivity index (χ1v) is 10.6. The van der Waals surface area contributed by atoms with Crippen molar-refractivity contribution in [3.8, 4) is 11.5 Å². The third-order valence-electron chi connectivity index (χ3n) is 5.54. The Labute approximate surface area is 184 Å². The van der Waals surface area contributed by atoms with E-state index in [-0.39, 0.29) is 12.5 Å². The number of amides is 1. The number of rotatable bonds is 8. The second-order valence-corrected chi connectivity index (χ2v) is 7.83. The summed E-state index contributed by atoms with van der Waals surface area (Å²) in [7, 11) is 1.68. The summed E-state index contributed by atoms with van der Waals surface area (Å²) in [4.78, 5) is 13.6. The van der Waals surface area contributed by atoms with Crippen LogP contribution in [0.4, 0.5) is 0 Å². The van der Waals surface area contributed by atoms with Crippen molar-refractivity contribution in [2.45, 2.75) is 27.3 Å². The highest BCUT2D eigenvalue weighted by Gasteiger charge is 2.17. The molecule has 1 aliphatic heterocycles. The number of benzene rings is 2. The number of hydrazone groups is 1. The number of nitrogens with zero attached hydrogens (tertiary/aromatic N) is 1. The topological polar surface area (TPSA) is 73.6 Å². The molecule has 0 radical (unpaired) electrons. The van der Waals surface area contributed by atoms with Crippen LogP contribution in [0.15, 0.2) is 41.5 Å². The molecule has 2 N–H and O–H groups in total. The van der Waals surface area contributed by atoms with Gasteiger partial charge in [0.05, 0.1) is 26.0 Å². The molecular weight excluding hydrogens is 394 g/mol. The number of morpholine rings is 1. The van der Waals surface area contributed by atoms with Gasteiger partial charge in [0, 0.05) is 5.56 Å². The van der Waals surface area contributed by atoms with E-state index in [0.29, 0.717) is 5.75 Å². The molecule has 166 valence electrons. The summed E-state index contributed by atoms with van der Waals surface area (Å²) in [5.74, 6) is 1.23. The molecular formula is C24H32N3O4+. The Morgan fingerprint density at radius 1 is 1.13 bits per heavy atom. The van der Waals surface area contributed by atoms with Gasteiger partial charge in [-0.05, 0) is 67.8 Å². The number of hydrogen-bond donors (Lipinski definition) is 2. The van der Waals surface area contributed by atoms with Gasteiger partial charge >= 0.3 is 0 Å². The van der Waals surface area contributed by atoms with Gasteiger partial charge in [-0.25, -0.2) is 5.43 Å². The standard InChI is InChI=1S/C24H31N3O4/c1-17-5-7-22(13-18(17)2)31-16-24(28)26-25-19(3)20-6-8-23(29-4)21(14-20)15-27-9-11-30-12-10-27/h5-8,13-14H,9-12,15-16H2,1-4H3,(H,26,28)/p+1/b25-19-. The summed E-state index contributed by atoms with van der Waals surface area (Å²) in [5.41, 5.74) is 7.68. The van der Waals surface area contributed by atoms with Crippen LogP contribution in [-0.4, -0.2) is 51.6 Å². The van der Waals surface area contributed by atoms with Gasteiger partial charge in [0.25, 0.3) is 5.91 Å². The van der Waals surface area contributed by atoms with Gasteiger partial charge < -0.3 is 19.1 Å². The van der Waals surface area contributed by atoms with Gasteiger partial charge in [-0.3, -0.25) is 4.79 Å². The van der Waals surface area contributed by atoms with Crippen molar-refractivity contribution >= 4 is 11.6 Å². The SMILES string of the molecule is COc1ccc(/C(C)=N\NC(=O)COc2ccc(C)c(C)c2)cc1C[NH+]1CCOCC1. The van der Waals surface area contributed by atoms with Crippen molar-refractivity contribution in [3.05, 3.63) is 58.7 Å². The molecule has 0 aliphatic carbocycles. The molecule has 1 saturated heterocycles. The Morgan fingerprint density at radius 3 is 2.61 bits per heavy atom. The van der Waals surface area contributed by atoms with Crippen LogP contribution in [0.5, 0.6) is 11.5 Å². The minimum Gasteiger partial charge on any atom is -0.496 e. The highest BCUT2D eigenvalue weighted by Crippen LogP contribution is 2.20. The maximum absolute atomic E-state index is 12.2. The highest BCUT2D eigenvalue weighted by atomic mass is 16.5. The second kappa shape index (κ2) is 10.9. The molecule has 0 atom stereocenters. The molecule has 7 nitrogen and oxygen atoms in total. The number of ether oxygens (including phenoxy) is 3. The predicted octanol–water partition coefficient (Wildman–Crippen LogP) is 1.65. The van der Waals surface area contributed by atoms with Crippen LogP contribution in [-0.2, 0) is 16.1 Å². The van der Waals surface area contributed by atoms with Crippen molar-refractivity contribution in [2.24, 2.45) is 5.10 Å². The number of quaternary nitrogens is 1. The van der Waals surface area contributed by atoms with Crippen molar-refractivity contribution in [1.29, 1.82) is 0 Å². The fourth-order valence-corrected chi connectivity index (χ4v) is 3.44. The zero-order valence-electron chi connectivity index (χ0n) is 18.8. The zero-order valence-corrected chi connectivity index (χ0v) is 18.8. The molecule has 1 fully saturated rings. The van der Waals surface area contributed by atoms with Gasteiger partial charge in [0.15, 0.2) is 6.61 Å². The zero-order chi connectivity index (χ0) is 22.2. The minimum atomic E-state index is -0.302. The fourth-order valence-electron chi connectivity index (χ4n) is 3.44. The first-order valence-electron chi connectivity index (χ1n) is 10.6. The first-order chi connectivity index (χ1) is 15.0. The average molecular weight is 427 g/mol. The molecule has 31 heavy (non-hydrogen) atoms. The second-order valence-electron chi connectivity index (χ2n) is 7.83. The van der Waals surface area contributed by atoms with Gasteiger partial charge in [-0.1, -0.05) is 6.07 Å². The molecule has 0 unspecified atom stereocenters. The first kappa shape index (κ1) is 22.8. The molecule has 0 spiro atoms. The number of nitrogens with one attached hydrogen (secondary N) is 2. The van der Waals surface area contributed by atoms with Gasteiger partial charge in [0.1, 0.15) is 31.1 Å². The van der Waals surface area contributed by atoms with Crippen LogP contribution in [0.25, 0.3) is 0 Å². The fraction of sp³-hybridized carbons (Fsp3) is 0.417. The smallest absolute Gasteiger partial charge is 0.277 e. The van der Waals surface area contributed by atoms with Gasteiger partial charge in [-0.2, -0.15) is 5.10 Å². The van der Waals surface area contributed by atoms with Gasteiger partial charge in [0.2, 0.25) is 0 Å². The Kier molecular flexibility index (Phi) is 8.03. The molecule has 1 amide bonds. The molecule has 0 bridgehead atoms. The number of hydrogen-bond acceptors (Lipinski definition) is 5. The van der Waals surface area contributed by atoms with Gasteiger partial charge in [-0.15, -0.1) is 0 Å². The average Bonchev–Trinajstić information content (AvgIpc) is 2.79. The monoisotopic (exact) mass is 426 g/mol. The molecule has 2 aromatic rings. The molecule has 0 aromatic heterocycles. The molecule has 7 heteroatoms. The van der Waals surface area contributed by atoms with E-state index in [9.17, 15) is 4.79 Å². The van der Waals surface area contributed by atoms with E-state index in [0.717, 1.165) is 61.0 Å². The lowest BCUT2D eigenvalue weighted by atomic mass is 10.1. The predicted molar refractivity (Wildman–Crippen MR) is 120 cm³/mol. The van der Waals surface area contributed by atoms with Crippen LogP contribution in [0.3, 0.4) is 0 Å². The van der Waals surface area contributed by atoms with Crippen molar-refractivity contribution in [1.82, 2.24) is 5.43 Å². The van der Waals surface area contributed by atoms with E-state index in [4.69, 9.17) is 14.2 Å². The van der Waals surface area contributed by atoms with Crippen LogP contribution in [0.1, 0.15) is 29.2 Å². The highest BCUT2D eigenvalue weighted by molar-refractivity contribution is 5.99. The number of carbonyl (C=O) groups excluding carboxylic acids is 1. The molecule has 1 aliphatic rings. The normalized spacial score (nSPS) is 14.9. The lowest BCUT2D eigenvalue weighted by Gasteiger charge is -2.24. The number of carbonyl (C=O) groups is 1. The van der Waals surface area contributed by atoms with Crippen LogP contribution in [0, 0.1) is 13.8 Å². The van der Waals surface area contributed by atoms with E-state index in [1.807, 2.05) is 51.1 Å². The maximum Gasteiger partial charge on any atom is 0.277 e. The lowest BCUT2D eigenvalue weighted by molar-refractivity contribution is -0.921. The van der Waals surface area contributed by atoms with Crippen molar-refractivity contribution < 1.29 is 23.9 Å². The summed E-state index contributed by atoms with van der Waals surface area (Å²) in [6.07, 6.45) is 0. The van der Waals surface area contributed by atoms with Crippen LogP contribution < -0.4 is 19.8 Å². The van der Waals surface area contributed by atoms with E-state index < -0.39 is 0 Å². The third kappa shape index (κ3) is 6.54. The van der Waals surface area contributed by atoms with E-state index in [1.54, 1.807) is 7.11 Å². The van der Waals surface area contributed by atoms with E-state index in [1.165, 1.54) is 10.5 Å². The minimum absolute atomic E-state index is 0.0897. The number of methoxy groups -OCH3 is 1. The van der Waals surface area contributed by atoms with Crippen molar-refractivity contribution in [2.75, 3.05) is 40.0 Å². The van der Waals surface area contributed by atoms with E-state index >= 15 is 0 Å². The third-order valence-corrected chi connectivity index (χ3v) is 5.54. The molecule has 2 aromatic carbocycles. The summed E-state index contributed by atoms with van der Waals surface area (Å²) in [6.45, 7) is 10.2. The van der Waals surface area contributed by atoms with Crippen LogP contribution >= 0.6 is 0 Å². The summed E-state index contributed by atoms with van der Waals surface area (Å²) >= 11 is 0. The Morgan fingerprint density at radius 2 is 1.90 bits per heavy atom.